The molecule has 2 rings (SSSR count). The summed E-state index contributed by atoms with van der Waals surface area (Å²) in [6.45, 7) is 6.04. The first-order valence-corrected chi connectivity index (χ1v) is 7.30. The molecular weight excluding hydrogens is 244 g/mol. The second kappa shape index (κ2) is 6.55. The monoisotopic (exact) mass is 266 g/mol. The van der Waals surface area contributed by atoms with Crippen LogP contribution in [0, 0.1) is 5.92 Å². The predicted molar refractivity (Wildman–Crippen MR) is 77.6 cm³/mol. The van der Waals surface area contributed by atoms with Crippen LogP contribution in [-0.4, -0.2) is 18.0 Å². The Balaban J connectivity index is 1.97. The molecule has 0 heterocycles. The lowest BCUT2D eigenvalue weighted by atomic mass is 9.85. The van der Waals surface area contributed by atoms with Crippen molar-refractivity contribution in [1.29, 1.82) is 0 Å². The summed E-state index contributed by atoms with van der Waals surface area (Å²) in [6.07, 6.45) is 4.21. The molecule has 0 spiro atoms. The van der Waals surface area contributed by atoms with Gasteiger partial charge in [0.25, 0.3) is 0 Å². The highest BCUT2D eigenvalue weighted by Gasteiger charge is 2.20. The van der Waals surface area contributed by atoms with Gasteiger partial charge in [0.15, 0.2) is 0 Å². The zero-order chi connectivity index (χ0) is 13.0. The molecule has 1 aliphatic rings. The van der Waals surface area contributed by atoms with Gasteiger partial charge in [-0.3, -0.25) is 4.90 Å². The predicted octanol–water partition coefficient (Wildman–Crippen LogP) is 3.42. The van der Waals surface area contributed by atoms with Crippen LogP contribution in [0.25, 0.3) is 0 Å². The lowest BCUT2D eigenvalue weighted by molar-refractivity contribution is 0.178. The first kappa shape index (κ1) is 13.9. The molecule has 1 aliphatic carbocycles. The first-order valence-electron chi connectivity index (χ1n) is 6.92. The Labute approximate surface area is 115 Å². The summed E-state index contributed by atoms with van der Waals surface area (Å²) in [5, 5.41) is 0.852. The molecule has 18 heavy (non-hydrogen) atoms. The van der Waals surface area contributed by atoms with Crippen molar-refractivity contribution in [2.24, 2.45) is 11.7 Å². The van der Waals surface area contributed by atoms with Crippen LogP contribution < -0.4 is 5.73 Å². The van der Waals surface area contributed by atoms with Crippen molar-refractivity contribution < 1.29 is 0 Å². The highest BCUT2D eigenvalue weighted by Crippen LogP contribution is 2.28. The Hall–Kier alpha value is -0.570. The third-order valence-electron chi connectivity index (χ3n) is 3.94. The summed E-state index contributed by atoms with van der Waals surface area (Å²) >= 11 is 6.31. The minimum absolute atomic E-state index is 0.555. The maximum atomic E-state index is 6.31. The molecule has 0 atom stereocenters. The molecule has 1 fully saturated rings. The molecule has 0 unspecified atom stereocenters. The summed E-state index contributed by atoms with van der Waals surface area (Å²) in [5.74, 6) is 0.909. The average molecular weight is 267 g/mol. The van der Waals surface area contributed by atoms with Crippen LogP contribution in [0.3, 0.4) is 0 Å². The maximum absolute atomic E-state index is 6.31. The van der Waals surface area contributed by atoms with Crippen LogP contribution in [0.5, 0.6) is 0 Å². The number of rotatable bonds is 6. The van der Waals surface area contributed by atoms with E-state index in [1.807, 2.05) is 6.07 Å². The molecule has 3 heteroatoms. The third-order valence-corrected chi connectivity index (χ3v) is 4.29. The SMILES string of the molecule is CCN(Cc1ccc(CN)cc1Cl)CC1CCC1. The molecule has 100 valence electrons. The van der Waals surface area contributed by atoms with E-state index in [1.54, 1.807) is 0 Å². The van der Waals surface area contributed by atoms with E-state index in [0.717, 1.165) is 29.6 Å². The van der Waals surface area contributed by atoms with Crippen molar-refractivity contribution in [2.75, 3.05) is 13.1 Å². The average Bonchev–Trinajstić information content (AvgIpc) is 2.33. The zero-order valence-corrected chi connectivity index (χ0v) is 11.9. The topological polar surface area (TPSA) is 29.3 Å². The van der Waals surface area contributed by atoms with E-state index in [0.29, 0.717) is 6.54 Å². The van der Waals surface area contributed by atoms with Gasteiger partial charge < -0.3 is 5.73 Å². The highest BCUT2D eigenvalue weighted by atomic mass is 35.5. The van der Waals surface area contributed by atoms with Gasteiger partial charge >= 0.3 is 0 Å². The van der Waals surface area contributed by atoms with Crippen LogP contribution in [0.1, 0.15) is 37.3 Å². The number of halogens is 1. The molecule has 0 amide bonds. The van der Waals surface area contributed by atoms with Gasteiger partial charge in [-0.2, -0.15) is 0 Å². The summed E-state index contributed by atoms with van der Waals surface area (Å²) in [7, 11) is 0. The maximum Gasteiger partial charge on any atom is 0.0454 e. The van der Waals surface area contributed by atoms with Crippen LogP contribution in [0.15, 0.2) is 18.2 Å². The van der Waals surface area contributed by atoms with E-state index in [9.17, 15) is 0 Å². The Morgan fingerprint density at radius 3 is 2.67 bits per heavy atom. The first-order chi connectivity index (χ1) is 8.72. The lowest BCUT2D eigenvalue weighted by Crippen LogP contribution is -2.32. The smallest absolute Gasteiger partial charge is 0.0454 e. The van der Waals surface area contributed by atoms with Crippen molar-refractivity contribution in [3.05, 3.63) is 34.3 Å². The van der Waals surface area contributed by atoms with Crippen molar-refractivity contribution >= 4 is 11.6 Å². The Morgan fingerprint density at radius 1 is 1.39 bits per heavy atom. The van der Waals surface area contributed by atoms with Gasteiger partial charge in [-0.1, -0.05) is 37.1 Å². The second-order valence-electron chi connectivity index (χ2n) is 5.25. The number of nitrogens with two attached hydrogens (primary N) is 1. The molecule has 1 saturated carbocycles. The fourth-order valence-corrected chi connectivity index (χ4v) is 2.70. The van der Waals surface area contributed by atoms with Gasteiger partial charge in [0.1, 0.15) is 0 Å². The molecule has 2 N–H and O–H groups in total. The third kappa shape index (κ3) is 3.47. The van der Waals surface area contributed by atoms with Crippen LogP contribution >= 0.6 is 11.6 Å². The lowest BCUT2D eigenvalue weighted by Gasteiger charge is -2.32. The Kier molecular flexibility index (Phi) is 5.04. The van der Waals surface area contributed by atoms with E-state index >= 15 is 0 Å². The molecular formula is C15H23ClN2. The minimum atomic E-state index is 0.555. The fourth-order valence-electron chi connectivity index (χ4n) is 2.43. The molecule has 2 nitrogen and oxygen atoms in total. The zero-order valence-electron chi connectivity index (χ0n) is 11.2. The highest BCUT2D eigenvalue weighted by molar-refractivity contribution is 6.31. The number of hydrogen-bond acceptors (Lipinski definition) is 2. The van der Waals surface area contributed by atoms with Gasteiger partial charge in [0.2, 0.25) is 0 Å². The van der Waals surface area contributed by atoms with E-state index in [4.69, 9.17) is 17.3 Å². The van der Waals surface area contributed by atoms with Crippen molar-refractivity contribution in [2.45, 2.75) is 39.3 Å². The second-order valence-corrected chi connectivity index (χ2v) is 5.66. The van der Waals surface area contributed by atoms with Gasteiger partial charge in [0.05, 0.1) is 0 Å². The summed E-state index contributed by atoms with van der Waals surface area (Å²) in [6, 6.07) is 6.19. The Bertz CT molecular complexity index is 388. The van der Waals surface area contributed by atoms with E-state index in [2.05, 4.69) is 24.0 Å². The van der Waals surface area contributed by atoms with Crippen molar-refractivity contribution in [3.63, 3.8) is 0 Å². The number of benzene rings is 1. The fraction of sp³-hybridized carbons (Fsp3) is 0.600. The van der Waals surface area contributed by atoms with Crippen molar-refractivity contribution in [1.82, 2.24) is 4.90 Å². The standard InChI is InChI=1S/C15H23ClN2/c1-2-18(10-12-4-3-5-12)11-14-7-6-13(9-17)8-15(14)16/h6-8,12H,2-5,9-11,17H2,1H3. The van der Waals surface area contributed by atoms with Crippen LogP contribution in [-0.2, 0) is 13.1 Å². The van der Waals surface area contributed by atoms with Crippen molar-refractivity contribution in [3.8, 4) is 0 Å². The molecule has 0 aromatic heterocycles. The molecule has 0 aliphatic heterocycles. The number of nitrogens with zero attached hydrogens (tertiary/aromatic N) is 1. The van der Waals surface area contributed by atoms with Gasteiger partial charge in [-0.05, 0) is 42.5 Å². The van der Waals surface area contributed by atoms with Crippen LogP contribution in [0.4, 0.5) is 0 Å². The van der Waals surface area contributed by atoms with E-state index in [-0.39, 0.29) is 0 Å². The molecule has 0 radical (unpaired) electrons. The minimum Gasteiger partial charge on any atom is -0.326 e. The van der Waals surface area contributed by atoms with E-state index < -0.39 is 0 Å². The quantitative estimate of drug-likeness (QED) is 0.855. The van der Waals surface area contributed by atoms with Gasteiger partial charge in [-0.25, -0.2) is 0 Å². The largest absolute Gasteiger partial charge is 0.326 e. The van der Waals surface area contributed by atoms with Gasteiger partial charge in [-0.15, -0.1) is 0 Å². The number of hydrogen-bond donors (Lipinski definition) is 1. The van der Waals surface area contributed by atoms with Crippen LogP contribution in [0.2, 0.25) is 5.02 Å². The normalized spacial score (nSPS) is 16.0. The molecule has 1 aromatic carbocycles. The van der Waals surface area contributed by atoms with Gasteiger partial charge in [0, 0.05) is 24.7 Å². The summed E-state index contributed by atoms with van der Waals surface area (Å²) < 4.78 is 0. The molecule has 0 saturated heterocycles. The summed E-state index contributed by atoms with van der Waals surface area (Å²) in [4.78, 5) is 2.49. The Morgan fingerprint density at radius 2 is 2.17 bits per heavy atom. The van der Waals surface area contributed by atoms with E-state index in [1.165, 1.54) is 31.4 Å². The molecule has 0 bridgehead atoms. The molecule has 1 aromatic rings. The summed E-state index contributed by atoms with van der Waals surface area (Å²) in [5.41, 5.74) is 7.94.